The van der Waals surface area contributed by atoms with E-state index in [0.29, 0.717) is 25.2 Å². The first-order valence-electron chi connectivity index (χ1n) is 9.90. The molecule has 1 N–H and O–H groups in total. The molecule has 2 fully saturated rings. The Kier molecular flexibility index (Phi) is 4.84. The highest BCUT2D eigenvalue weighted by molar-refractivity contribution is 5.95. The van der Waals surface area contributed by atoms with E-state index in [1.54, 1.807) is 17.0 Å². The Hall–Kier alpha value is -2.82. The average Bonchev–Trinajstić information content (AvgIpc) is 3.11. The number of benzene rings is 2. The smallest absolute Gasteiger partial charge is 0.253 e. The molecular formula is C23H26N2O3. The number of likely N-dealkylation sites (tertiary alicyclic amines) is 2. The fraction of sp³-hybridized carbons (Fsp3) is 0.391. The number of phenols is 1. The standard InChI is InChI=1S/C23H26N2O3/c1-17-4-2-5-18(14-17)15-24-12-3-10-23(22(24)28)11-13-25(16-23)21(27)19-6-8-20(26)9-7-19/h2,4-9,14,26H,3,10-13,15-16H2,1H3. The molecule has 2 aromatic carbocycles. The molecule has 2 amide bonds. The Morgan fingerprint density at radius 3 is 2.64 bits per heavy atom. The molecule has 1 spiro atoms. The summed E-state index contributed by atoms with van der Waals surface area (Å²) in [7, 11) is 0. The Morgan fingerprint density at radius 1 is 1.11 bits per heavy atom. The van der Waals surface area contributed by atoms with Crippen LogP contribution in [0.3, 0.4) is 0 Å². The quantitative estimate of drug-likeness (QED) is 0.891. The van der Waals surface area contributed by atoms with Crippen LogP contribution in [0.15, 0.2) is 48.5 Å². The molecule has 1 atom stereocenters. The molecule has 4 rings (SSSR count). The molecule has 0 radical (unpaired) electrons. The van der Waals surface area contributed by atoms with Gasteiger partial charge in [0.15, 0.2) is 0 Å². The summed E-state index contributed by atoms with van der Waals surface area (Å²) < 4.78 is 0. The molecule has 2 aromatic rings. The Balaban J connectivity index is 1.48. The summed E-state index contributed by atoms with van der Waals surface area (Å²) in [5, 5.41) is 9.43. The molecular weight excluding hydrogens is 352 g/mol. The zero-order valence-corrected chi connectivity index (χ0v) is 16.2. The maximum absolute atomic E-state index is 13.3. The van der Waals surface area contributed by atoms with E-state index in [-0.39, 0.29) is 17.6 Å². The van der Waals surface area contributed by atoms with Gasteiger partial charge in [-0.15, -0.1) is 0 Å². The van der Waals surface area contributed by atoms with E-state index in [9.17, 15) is 14.7 Å². The lowest BCUT2D eigenvalue weighted by Crippen LogP contribution is -2.50. The highest BCUT2D eigenvalue weighted by atomic mass is 16.3. The van der Waals surface area contributed by atoms with Crippen LogP contribution in [0.2, 0.25) is 0 Å². The van der Waals surface area contributed by atoms with Gasteiger partial charge in [-0.05, 0) is 56.0 Å². The lowest BCUT2D eigenvalue weighted by atomic mass is 9.78. The van der Waals surface area contributed by atoms with E-state index < -0.39 is 5.41 Å². The van der Waals surface area contributed by atoms with Crippen molar-refractivity contribution in [2.45, 2.75) is 32.7 Å². The lowest BCUT2D eigenvalue weighted by Gasteiger charge is -2.39. The SMILES string of the molecule is Cc1cccc(CN2CCCC3(CCN(C(=O)c4ccc(O)cc4)C3)C2=O)c1. The molecule has 146 valence electrons. The van der Waals surface area contributed by atoms with Gasteiger partial charge in [-0.3, -0.25) is 9.59 Å². The molecule has 5 nitrogen and oxygen atoms in total. The van der Waals surface area contributed by atoms with E-state index in [0.717, 1.165) is 31.4 Å². The van der Waals surface area contributed by atoms with Crippen molar-refractivity contribution in [3.05, 3.63) is 65.2 Å². The largest absolute Gasteiger partial charge is 0.508 e. The second-order valence-electron chi connectivity index (χ2n) is 8.12. The molecule has 2 saturated heterocycles. The van der Waals surface area contributed by atoms with E-state index in [1.807, 2.05) is 11.0 Å². The molecule has 2 aliphatic heterocycles. The average molecular weight is 378 g/mol. The van der Waals surface area contributed by atoms with Gasteiger partial charge in [0.1, 0.15) is 5.75 Å². The van der Waals surface area contributed by atoms with Crippen molar-refractivity contribution in [1.29, 1.82) is 0 Å². The van der Waals surface area contributed by atoms with Crippen molar-refractivity contribution in [1.82, 2.24) is 9.80 Å². The van der Waals surface area contributed by atoms with Crippen LogP contribution in [0.5, 0.6) is 5.75 Å². The molecule has 0 aromatic heterocycles. The molecule has 0 saturated carbocycles. The number of rotatable bonds is 3. The summed E-state index contributed by atoms with van der Waals surface area (Å²) in [6.45, 7) is 4.56. The zero-order chi connectivity index (χ0) is 19.7. The van der Waals surface area contributed by atoms with Crippen molar-refractivity contribution in [2.75, 3.05) is 19.6 Å². The minimum Gasteiger partial charge on any atom is -0.508 e. The molecule has 2 heterocycles. The van der Waals surface area contributed by atoms with Crippen LogP contribution in [0, 0.1) is 12.3 Å². The number of hydrogen-bond donors (Lipinski definition) is 1. The number of carbonyl (C=O) groups is 2. The van der Waals surface area contributed by atoms with Gasteiger partial charge in [-0.25, -0.2) is 0 Å². The summed E-state index contributed by atoms with van der Waals surface area (Å²) >= 11 is 0. The molecule has 0 aliphatic carbocycles. The summed E-state index contributed by atoms with van der Waals surface area (Å²) in [4.78, 5) is 29.9. The van der Waals surface area contributed by atoms with Crippen molar-refractivity contribution in [3.8, 4) is 5.75 Å². The van der Waals surface area contributed by atoms with Gasteiger partial charge < -0.3 is 14.9 Å². The molecule has 1 unspecified atom stereocenters. The van der Waals surface area contributed by atoms with Crippen molar-refractivity contribution in [3.63, 3.8) is 0 Å². The lowest BCUT2D eigenvalue weighted by molar-refractivity contribution is -0.146. The Morgan fingerprint density at radius 2 is 1.89 bits per heavy atom. The fourth-order valence-electron chi connectivity index (χ4n) is 4.54. The van der Waals surface area contributed by atoms with Crippen LogP contribution in [0.25, 0.3) is 0 Å². The Labute approximate surface area is 165 Å². The first-order chi connectivity index (χ1) is 13.5. The number of phenolic OH excluding ortho intramolecular Hbond substituents is 1. The molecule has 2 aliphatic rings. The van der Waals surface area contributed by atoms with E-state index in [2.05, 4.69) is 25.1 Å². The predicted octanol–water partition coefficient (Wildman–Crippen LogP) is 3.36. The highest BCUT2D eigenvalue weighted by Crippen LogP contribution is 2.41. The third-order valence-corrected chi connectivity index (χ3v) is 6.04. The maximum Gasteiger partial charge on any atom is 0.253 e. The second kappa shape index (κ2) is 7.30. The number of nitrogens with zero attached hydrogens (tertiary/aromatic N) is 2. The second-order valence-corrected chi connectivity index (χ2v) is 8.12. The van der Waals surface area contributed by atoms with Crippen LogP contribution in [-0.2, 0) is 11.3 Å². The summed E-state index contributed by atoms with van der Waals surface area (Å²) in [6, 6.07) is 14.6. The normalized spacial score (nSPS) is 22.1. The summed E-state index contributed by atoms with van der Waals surface area (Å²) in [6.07, 6.45) is 2.54. The van der Waals surface area contributed by atoms with E-state index in [1.165, 1.54) is 17.7 Å². The van der Waals surface area contributed by atoms with E-state index in [4.69, 9.17) is 0 Å². The number of piperidine rings is 1. The van der Waals surface area contributed by atoms with Gasteiger partial charge in [0, 0.05) is 31.7 Å². The van der Waals surface area contributed by atoms with Gasteiger partial charge >= 0.3 is 0 Å². The van der Waals surface area contributed by atoms with Crippen LogP contribution >= 0.6 is 0 Å². The van der Waals surface area contributed by atoms with Gasteiger partial charge in [0.05, 0.1) is 5.41 Å². The van der Waals surface area contributed by atoms with Crippen molar-refractivity contribution in [2.24, 2.45) is 5.41 Å². The van der Waals surface area contributed by atoms with Gasteiger partial charge in [0.2, 0.25) is 5.91 Å². The van der Waals surface area contributed by atoms with Crippen LogP contribution in [-0.4, -0.2) is 46.4 Å². The number of hydrogen-bond acceptors (Lipinski definition) is 3. The number of aromatic hydroxyl groups is 1. The highest BCUT2D eigenvalue weighted by Gasteiger charge is 2.49. The van der Waals surface area contributed by atoms with Crippen LogP contribution < -0.4 is 0 Å². The summed E-state index contributed by atoms with van der Waals surface area (Å²) in [5.74, 6) is 0.255. The predicted molar refractivity (Wildman–Crippen MR) is 107 cm³/mol. The molecule has 28 heavy (non-hydrogen) atoms. The minimum absolute atomic E-state index is 0.0690. The Bertz CT molecular complexity index is 893. The third kappa shape index (κ3) is 3.49. The monoisotopic (exact) mass is 378 g/mol. The first-order valence-corrected chi connectivity index (χ1v) is 9.90. The first kappa shape index (κ1) is 18.5. The van der Waals surface area contributed by atoms with Gasteiger partial charge in [-0.1, -0.05) is 29.8 Å². The van der Waals surface area contributed by atoms with Crippen molar-refractivity contribution >= 4 is 11.8 Å². The molecule has 5 heteroatoms. The maximum atomic E-state index is 13.3. The third-order valence-electron chi connectivity index (χ3n) is 6.04. The molecule has 0 bridgehead atoms. The minimum atomic E-state index is -0.450. The van der Waals surface area contributed by atoms with Gasteiger partial charge in [-0.2, -0.15) is 0 Å². The zero-order valence-electron chi connectivity index (χ0n) is 16.2. The van der Waals surface area contributed by atoms with Crippen LogP contribution in [0.4, 0.5) is 0 Å². The van der Waals surface area contributed by atoms with Crippen molar-refractivity contribution < 1.29 is 14.7 Å². The number of carbonyl (C=O) groups excluding carboxylic acids is 2. The number of aryl methyl sites for hydroxylation is 1. The van der Waals surface area contributed by atoms with E-state index >= 15 is 0 Å². The fourth-order valence-corrected chi connectivity index (χ4v) is 4.54. The van der Waals surface area contributed by atoms with Gasteiger partial charge in [0.25, 0.3) is 5.91 Å². The summed E-state index contributed by atoms with van der Waals surface area (Å²) in [5.41, 5.74) is 2.45. The topological polar surface area (TPSA) is 60.9 Å². The number of amides is 2. The van der Waals surface area contributed by atoms with Crippen LogP contribution in [0.1, 0.15) is 40.7 Å².